The summed E-state index contributed by atoms with van der Waals surface area (Å²) >= 11 is 13.7. The summed E-state index contributed by atoms with van der Waals surface area (Å²) in [7, 11) is -3.64. The fourth-order valence-electron chi connectivity index (χ4n) is 3.96. The number of halogens is 2. The maximum absolute atomic E-state index is 13.0. The van der Waals surface area contributed by atoms with Gasteiger partial charge in [-0.15, -0.1) is 10.2 Å². The molecule has 0 saturated carbocycles. The minimum Gasteiger partial charge on any atom is -0.379 e. The first-order chi connectivity index (χ1) is 18.6. The Morgan fingerprint density at radius 3 is 2.36 bits per heavy atom. The van der Waals surface area contributed by atoms with Crippen LogP contribution < -0.4 is 5.32 Å². The van der Waals surface area contributed by atoms with Crippen molar-refractivity contribution in [1.82, 2.24) is 24.4 Å². The lowest BCUT2D eigenvalue weighted by Crippen LogP contribution is -2.40. The Labute approximate surface area is 241 Å². The molecule has 4 rings (SSSR count). The van der Waals surface area contributed by atoms with E-state index < -0.39 is 10.0 Å². The number of hydrogen-bond donors (Lipinski definition) is 1. The van der Waals surface area contributed by atoms with Crippen molar-refractivity contribution in [1.29, 1.82) is 0 Å². The second-order valence-corrected chi connectivity index (χ2v) is 12.5. The molecular formula is C25H27Cl2N5O5S2. The number of nitrogens with one attached hydrogen (secondary N) is 1. The van der Waals surface area contributed by atoms with E-state index in [-0.39, 0.29) is 22.3 Å². The van der Waals surface area contributed by atoms with Gasteiger partial charge in [-0.25, -0.2) is 8.42 Å². The van der Waals surface area contributed by atoms with Crippen molar-refractivity contribution in [3.8, 4) is 5.69 Å². The van der Waals surface area contributed by atoms with Gasteiger partial charge >= 0.3 is 0 Å². The molecule has 1 saturated heterocycles. The van der Waals surface area contributed by atoms with Gasteiger partial charge in [0, 0.05) is 48.6 Å². The normalized spacial score (nSPS) is 14.3. The zero-order valence-corrected chi connectivity index (χ0v) is 24.2. The smallest absolute Gasteiger partial charge is 0.243 e. The highest BCUT2D eigenvalue weighted by atomic mass is 35.5. The highest BCUT2D eigenvalue weighted by Gasteiger charge is 2.26. The average molecular weight is 613 g/mol. The molecule has 1 N–H and O–H groups in total. The van der Waals surface area contributed by atoms with Crippen LogP contribution >= 0.6 is 35.0 Å². The zero-order valence-electron chi connectivity index (χ0n) is 21.1. The number of Topliss-reactive ketones (excluding diaryl/α,β-unsaturated/α-hetero) is 1. The van der Waals surface area contributed by atoms with Gasteiger partial charge in [0.25, 0.3) is 0 Å². The summed E-state index contributed by atoms with van der Waals surface area (Å²) in [6.07, 6.45) is 1.15. The van der Waals surface area contributed by atoms with Crippen LogP contribution in [0.1, 0.15) is 29.5 Å². The van der Waals surface area contributed by atoms with Crippen molar-refractivity contribution in [3.05, 3.63) is 63.9 Å². The van der Waals surface area contributed by atoms with Crippen LogP contribution in [0.3, 0.4) is 0 Å². The topological polar surface area (TPSA) is 123 Å². The number of ether oxygens (including phenoxy) is 1. The lowest BCUT2D eigenvalue weighted by molar-refractivity contribution is -0.118. The number of carbonyl (C=O) groups excluding carboxylic acids is 2. The molecule has 10 nitrogen and oxygen atoms in total. The van der Waals surface area contributed by atoms with Gasteiger partial charge < -0.3 is 10.1 Å². The van der Waals surface area contributed by atoms with Crippen LogP contribution in [0.2, 0.25) is 10.0 Å². The molecule has 0 atom stereocenters. The number of carbonyl (C=O) groups is 2. The number of sulfonamides is 1. The molecule has 1 aliphatic rings. The summed E-state index contributed by atoms with van der Waals surface area (Å²) in [6, 6.07) is 11.0. The number of thioether (sulfide) groups is 1. The summed E-state index contributed by atoms with van der Waals surface area (Å²) in [5.74, 6) is 0.375. The molecule has 208 valence electrons. The SMILES string of the molecule is CC(=O)NCCCc1nnc(SCC(=O)c2ccc(S(=O)(=O)N3CCOCC3)cc2)n1-c1cc(Cl)cc(Cl)c1. The van der Waals surface area contributed by atoms with Crippen LogP contribution in [0.5, 0.6) is 0 Å². The third kappa shape index (κ3) is 7.59. The van der Waals surface area contributed by atoms with E-state index in [2.05, 4.69) is 15.5 Å². The molecule has 0 radical (unpaired) electrons. The van der Waals surface area contributed by atoms with Crippen LogP contribution in [0.25, 0.3) is 5.69 Å². The Morgan fingerprint density at radius 1 is 1.05 bits per heavy atom. The Hall–Kier alpha value is -2.48. The van der Waals surface area contributed by atoms with Gasteiger partial charge in [0.1, 0.15) is 5.82 Å². The molecule has 2 heterocycles. The van der Waals surface area contributed by atoms with Gasteiger partial charge in [-0.3, -0.25) is 14.2 Å². The first-order valence-electron chi connectivity index (χ1n) is 12.1. The number of rotatable bonds is 11. The third-order valence-electron chi connectivity index (χ3n) is 5.87. The average Bonchev–Trinajstić information content (AvgIpc) is 3.32. The predicted octanol–water partition coefficient (Wildman–Crippen LogP) is 3.64. The summed E-state index contributed by atoms with van der Waals surface area (Å²) in [5.41, 5.74) is 1.04. The Kier molecular flexibility index (Phi) is 10.0. The fourth-order valence-corrected chi connectivity index (χ4v) is 6.74. The largest absolute Gasteiger partial charge is 0.379 e. The predicted molar refractivity (Wildman–Crippen MR) is 149 cm³/mol. The number of morpholine rings is 1. The van der Waals surface area contributed by atoms with E-state index in [0.717, 1.165) is 0 Å². The third-order valence-corrected chi connectivity index (χ3v) is 9.15. The van der Waals surface area contributed by atoms with Gasteiger partial charge in [-0.2, -0.15) is 4.31 Å². The van der Waals surface area contributed by atoms with Gasteiger partial charge in [0.2, 0.25) is 15.9 Å². The summed E-state index contributed by atoms with van der Waals surface area (Å²) in [4.78, 5) is 24.3. The minimum absolute atomic E-state index is 0.0495. The van der Waals surface area contributed by atoms with Crippen molar-refractivity contribution in [2.45, 2.75) is 29.8 Å². The molecule has 0 bridgehead atoms. The van der Waals surface area contributed by atoms with Crippen LogP contribution in [-0.2, 0) is 26.0 Å². The molecule has 0 spiro atoms. The van der Waals surface area contributed by atoms with Crippen LogP contribution in [0.4, 0.5) is 0 Å². The van der Waals surface area contributed by atoms with Crippen molar-refractivity contribution in [3.63, 3.8) is 0 Å². The Morgan fingerprint density at radius 2 is 1.72 bits per heavy atom. The number of aryl methyl sites for hydroxylation is 1. The van der Waals surface area contributed by atoms with Crippen molar-refractivity contribution >= 4 is 56.7 Å². The summed E-state index contributed by atoms with van der Waals surface area (Å²) in [5, 5.41) is 12.7. The highest BCUT2D eigenvalue weighted by molar-refractivity contribution is 7.99. The number of hydrogen-bond acceptors (Lipinski definition) is 8. The monoisotopic (exact) mass is 611 g/mol. The van der Waals surface area contributed by atoms with E-state index in [1.807, 2.05) is 0 Å². The van der Waals surface area contributed by atoms with Gasteiger partial charge in [-0.1, -0.05) is 47.1 Å². The summed E-state index contributed by atoms with van der Waals surface area (Å²) in [6.45, 7) is 3.25. The molecule has 39 heavy (non-hydrogen) atoms. The van der Waals surface area contributed by atoms with Gasteiger partial charge in [-0.05, 0) is 36.8 Å². The maximum atomic E-state index is 13.0. The van der Waals surface area contributed by atoms with Gasteiger partial charge in [0.15, 0.2) is 10.9 Å². The molecule has 0 aliphatic carbocycles. The first kappa shape index (κ1) is 29.5. The molecule has 1 fully saturated rings. The van der Waals surface area contributed by atoms with E-state index in [1.54, 1.807) is 22.8 Å². The maximum Gasteiger partial charge on any atom is 0.243 e. The second-order valence-electron chi connectivity index (χ2n) is 8.70. The zero-order chi connectivity index (χ0) is 28.0. The van der Waals surface area contributed by atoms with Crippen LogP contribution in [-0.4, -0.2) is 77.8 Å². The molecule has 14 heteroatoms. The fraction of sp³-hybridized carbons (Fsp3) is 0.360. The van der Waals surface area contributed by atoms with Crippen molar-refractivity contribution in [2.24, 2.45) is 0 Å². The molecule has 1 aliphatic heterocycles. The van der Waals surface area contributed by atoms with E-state index in [4.69, 9.17) is 27.9 Å². The lowest BCUT2D eigenvalue weighted by Gasteiger charge is -2.26. The summed E-state index contributed by atoms with van der Waals surface area (Å²) < 4.78 is 34.1. The Bertz CT molecular complexity index is 1420. The van der Waals surface area contributed by atoms with Crippen LogP contribution in [0, 0.1) is 0 Å². The highest BCUT2D eigenvalue weighted by Crippen LogP contribution is 2.28. The first-order valence-corrected chi connectivity index (χ1v) is 15.3. The minimum atomic E-state index is -3.64. The molecule has 1 aromatic heterocycles. The van der Waals surface area contributed by atoms with E-state index in [9.17, 15) is 18.0 Å². The lowest BCUT2D eigenvalue weighted by atomic mass is 10.1. The van der Waals surface area contributed by atoms with E-state index in [0.29, 0.717) is 78.0 Å². The molecular weight excluding hydrogens is 585 g/mol. The number of aromatic nitrogens is 3. The van der Waals surface area contributed by atoms with Gasteiger partial charge in [0.05, 0.1) is 29.5 Å². The Balaban J connectivity index is 1.48. The number of ketones is 1. The van der Waals surface area contributed by atoms with E-state index in [1.165, 1.54) is 47.3 Å². The van der Waals surface area contributed by atoms with E-state index >= 15 is 0 Å². The molecule has 3 aromatic rings. The number of amides is 1. The van der Waals surface area contributed by atoms with Crippen molar-refractivity contribution < 1.29 is 22.7 Å². The van der Waals surface area contributed by atoms with Crippen molar-refractivity contribution in [2.75, 3.05) is 38.6 Å². The molecule has 1 amide bonds. The number of benzene rings is 2. The van der Waals surface area contributed by atoms with Crippen LogP contribution in [0.15, 0.2) is 52.5 Å². The second kappa shape index (κ2) is 13.2. The molecule has 0 unspecified atom stereocenters. The standard InChI is InChI=1S/C25H27Cl2N5O5S2/c1-17(33)28-8-2-3-24-29-30-25(32(24)21-14-19(26)13-20(27)15-21)38-16-23(34)18-4-6-22(7-5-18)39(35,36)31-9-11-37-12-10-31/h4-7,13-15H,2-3,8-12,16H2,1H3,(H,28,33). The quantitative estimate of drug-likeness (QED) is 0.198. The number of nitrogens with zero attached hydrogens (tertiary/aromatic N) is 4. The molecule has 2 aromatic carbocycles.